The first-order valence-corrected chi connectivity index (χ1v) is 18.8. The molecule has 3 rings (SSSR count). The third-order valence-corrected chi connectivity index (χ3v) is 10.4. The Bertz CT molecular complexity index is 820. The van der Waals surface area contributed by atoms with Gasteiger partial charge in [-0.2, -0.15) is 0 Å². The van der Waals surface area contributed by atoms with Crippen LogP contribution in [0.1, 0.15) is 168 Å². The number of hydrogen-bond acceptors (Lipinski definition) is 8. The second-order valence-electron chi connectivity index (χ2n) is 14.4. The van der Waals surface area contributed by atoms with Crippen molar-refractivity contribution in [2.75, 3.05) is 0 Å². The van der Waals surface area contributed by atoms with Gasteiger partial charge in [0, 0.05) is 6.42 Å². The molecule has 3 heterocycles. The number of carbonyl (C=O) groups excluding carboxylic acids is 2. The summed E-state index contributed by atoms with van der Waals surface area (Å²) >= 11 is 0. The first-order chi connectivity index (χ1) is 21.8. The zero-order chi connectivity index (χ0) is 32.4. The van der Waals surface area contributed by atoms with E-state index in [1.165, 1.54) is 45.4 Å². The SMILES string of the molecule is CCCCCCCCCC[C@H](O)[C@H]1CC[C@H]([C@H](O)CC[C@H](O)[C@@H]2CC[C@@H](CCCCCCCC3CC(CC(C)=O)C(=O)O3)O2)O1. The van der Waals surface area contributed by atoms with Crippen LogP contribution in [0, 0.1) is 5.92 Å². The van der Waals surface area contributed by atoms with E-state index in [2.05, 4.69) is 6.92 Å². The molecule has 9 atom stereocenters. The predicted octanol–water partition coefficient (Wildman–Crippen LogP) is 7.12. The van der Waals surface area contributed by atoms with Crippen molar-refractivity contribution in [1.82, 2.24) is 0 Å². The van der Waals surface area contributed by atoms with Crippen LogP contribution < -0.4 is 0 Å². The number of esters is 1. The zero-order valence-corrected chi connectivity index (χ0v) is 28.5. The standard InChI is InChI=1S/C37H66O8/c1-3-4-5-6-7-8-12-15-18-31(39)35-23-24-36(45-35)33(41)21-20-32(40)34-22-19-29(43-34)16-13-10-9-11-14-17-30-26-28(25-27(2)38)37(42)44-30/h28-36,39-41H,3-26H2,1-2H3/t28?,29-,30?,31+,32+,33-,34+,35-,36-/m1/s1. The Hall–Kier alpha value is -1.06. The van der Waals surface area contributed by atoms with E-state index < -0.39 is 18.3 Å². The van der Waals surface area contributed by atoms with E-state index in [1.807, 2.05) is 0 Å². The summed E-state index contributed by atoms with van der Waals surface area (Å²) < 4.78 is 17.7. The van der Waals surface area contributed by atoms with Gasteiger partial charge >= 0.3 is 5.97 Å². The Morgan fingerprint density at radius 1 is 0.667 bits per heavy atom. The maximum atomic E-state index is 11.9. The smallest absolute Gasteiger partial charge is 0.309 e. The van der Waals surface area contributed by atoms with Crippen LogP contribution in [0.15, 0.2) is 0 Å². The molecule has 3 N–H and O–H groups in total. The molecule has 2 unspecified atom stereocenters. The first-order valence-electron chi connectivity index (χ1n) is 18.8. The number of unbranched alkanes of at least 4 members (excludes halogenated alkanes) is 11. The highest BCUT2D eigenvalue weighted by Crippen LogP contribution is 2.31. The molecular formula is C37H66O8. The summed E-state index contributed by atoms with van der Waals surface area (Å²) in [6.45, 7) is 3.77. The van der Waals surface area contributed by atoms with Gasteiger partial charge in [0.25, 0.3) is 0 Å². The minimum Gasteiger partial charge on any atom is -0.462 e. The molecule has 0 amide bonds. The predicted molar refractivity (Wildman–Crippen MR) is 176 cm³/mol. The van der Waals surface area contributed by atoms with Crippen LogP contribution in [-0.4, -0.2) is 75.9 Å². The van der Waals surface area contributed by atoms with Gasteiger partial charge in [-0.3, -0.25) is 4.79 Å². The molecule has 0 bridgehead atoms. The van der Waals surface area contributed by atoms with Crippen molar-refractivity contribution in [2.24, 2.45) is 5.92 Å². The normalized spacial score (nSPS) is 28.8. The van der Waals surface area contributed by atoms with Crippen LogP contribution in [0.2, 0.25) is 0 Å². The summed E-state index contributed by atoms with van der Waals surface area (Å²) in [5, 5.41) is 32.1. The second kappa shape index (κ2) is 21.7. The lowest BCUT2D eigenvalue weighted by atomic mass is 9.96. The molecule has 0 aliphatic carbocycles. The molecular weight excluding hydrogens is 572 g/mol. The van der Waals surface area contributed by atoms with Crippen LogP contribution in [-0.2, 0) is 23.8 Å². The highest BCUT2D eigenvalue weighted by Gasteiger charge is 2.36. The maximum absolute atomic E-state index is 11.9. The Morgan fingerprint density at radius 2 is 1.16 bits per heavy atom. The van der Waals surface area contributed by atoms with Gasteiger partial charge in [0.15, 0.2) is 0 Å². The summed E-state index contributed by atoms with van der Waals surface area (Å²) in [5.74, 6) is -0.398. The summed E-state index contributed by atoms with van der Waals surface area (Å²) in [6.07, 6.45) is 21.5. The van der Waals surface area contributed by atoms with E-state index in [9.17, 15) is 24.9 Å². The van der Waals surface area contributed by atoms with Crippen molar-refractivity contribution in [3.8, 4) is 0 Å². The zero-order valence-electron chi connectivity index (χ0n) is 28.5. The number of aliphatic hydroxyl groups is 3. The Labute approximate surface area is 273 Å². The Morgan fingerprint density at radius 3 is 1.76 bits per heavy atom. The summed E-state index contributed by atoms with van der Waals surface area (Å²) in [4.78, 5) is 23.2. The maximum Gasteiger partial charge on any atom is 0.309 e. The molecule has 3 aliphatic rings. The quantitative estimate of drug-likeness (QED) is 0.0714. The number of carbonyl (C=O) groups is 2. The molecule has 45 heavy (non-hydrogen) atoms. The largest absolute Gasteiger partial charge is 0.462 e. The van der Waals surface area contributed by atoms with E-state index in [4.69, 9.17) is 14.2 Å². The van der Waals surface area contributed by atoms with E-state index in [0.29, 0.717) is 25.7 Å². The van der Waals surface area contributed by atoms with Crippen LogP contribution in [0.5, 0.6) is 0 Å². The minimum atomic E-state index is -0.625. The molecule has 0 radical (unpaired) electrons. The van der Waals surface area contributed by atoms with Gasteiger partial charge in [-0.1, -0.05) is 84.0 Å². The molecule has 0 spiro atoms. The van der Waals surface area contributed by atoms with E-state index >= 15 is 0 Å². The van der Waals surface area contributed by atoms with Crippen LogP contribution >= 0.6 is 0 Å². The number of Topliss-reactive ketones (excluding diaryl/α,β-unsaturated/α-hetero) is 1. The average Bonchev–Trinajstić information content (AvgIpc) is 3.77. The summed E-state index contributed by atoms with van der Waals surface area (Å²) in [6, 6.07) is 0. The fourth-order valence-electron chi connectivity index (χ4n) is 7.56. The fourth-order valence-corrected chi connectivity index (χ4v) is 7.56. The third kappa shape index (κ3) is 14.7. The number of hydrogen-bond donors (Lipinski definition) is 3. The van der Waals surface area contributed by atoms with Crippen molar-refractivity contribution < 1.29 is 39.1 Å². The molecule has 0 saturated carbocycles. The van der Waals surface area contributed by atoms with Gasteiger partial charge in [0.05, 0.1) is 48.6 Å². The van der Waals surface area contributed by atoms with E-state index in [0.717, 1.165) is 89.9 Å². The number of ether oxygens (including phenoxy) is 3. The molecule has 0 aromatic heterocycles. The number of aliphatic hydroxyl groups excluding tert-OH is 3. The molecule has 3 saturated heterocycles. The number of ketones is 1. The van der Waals surface area contributed by atoms with Gasteiger partial charge < -0.3 is 34.3 Å². The highest BCUT2D eigenvalue weighted by molar-refractivity contribution is 5.83. The van der Waals surface area contributed by atoms with Gasteiger partial charge in [0.1, 0.15) is 11.9 Å². The Kier molecular flexibility index (Phi) is 18.5. The average molecular weight is 639 g/mol. The van der Waals surface area contributed by atoms with Crippen LogP contribution in [0.25, 0.3) is 0 Å². The molecule has 0 aromatic carbocycles. The van der Waals surface area contributed by atoms with Gasteiger partial charge in [-0.05, 0) is 77.6 Å². The lowest BCUT2D eigenvalue weighted by Gasteiger charge is -2.24. The lowest BCUT2D eigenvalue weighted by molar-refractivity contribution is -0.145. The lowest BCUT2D eigenvalue weighted by Crippen LogP contribution is -2.33. The van der Waals surface area contributed by atoms with Crippen molar-refractivity contribution >= 4 is 11.8 Å². The number of cyclic esters (lactones) is 1. The van der Waals surface area contributed by atoms with Gasteiger partial charge in [-0.15, -0.1) is 0 Å². The molecule has 262 valence electrons. The number of rotatable bonds is 25. The van der Waals surface area contributed by atoms with Crippen LogP contribution in [0.4, 0.5) is 0 Å². The third-order valence-electron chi connectivity index (χ3n) is 10.4. The molecule has 8 nitrogen and oxygen atoms in total. The first kappa shape index (κ1) is 38.4. The monoisotopic (exact) mass is 638 g/mol. The molecule has 8 heteroatoms. The minimum absolute atomic E-state index is 0.0249. The fraction of sp³-hybridized carbons (Fsp3) is 0.946. The van der Waals surface area contributed by atoms with Crippen molar-refractivity contribution in [2.45, 2.75) is 217 Å². The Balaban J connectivity index is 1.16. The highest BCUT2D eigenvalue weighted by atomic mass is 16.6. The van der Waals surface area contributed by atoms with E-state index in [1.54, 1.807) is 0 Å². The second-order valence-corrected chi connectivity index (χ2v) is 14.4. The molecule has 0 aromatic rings. The van der Waals surface area contributed by atoms with Crippen LogP contribution in [0.3, 0.4) is 0 Å². The molecule has 3 aliphatic heterocycles. The van der Waals surface area contributed by atoms with Gasteiger partial charge in [-0.25, -0.2) is 0 Å². The molecule has 3 fully saturated rings. The van der Waals surface area contributed by atoms with Crippen molar-refractivity contribution in [3.05, 3.63) is 0 Å². The van der Waals surface area contributed by atoms with Gasteiger partial charge in [0.2, 0.25) is 0 Å². The topological polar surface area (TPSA) is 123 Å². The van der Waals surface area contributed by atoms with Crippen molar-refractivity contribution in [1.29, 1.82) is 0 Å². The van der Waals surface area contributed by atoms with E-state index in [-0.39, 0.29) is 48.2 Å². The summed E-state index contributed by atoms with van der Waals surface area (Å²) in [7, 11) is 0. The summed E-state index contributed by atoms with van der Waals surface area (Å²) in [5.41, 5.74) is 0. The van der Waals surface area contributed by atoms with Crippen molar-refractivity contribution in [3.63, 3.8) is 0 Å².